The Balaban J connectivity index is 1.43. The summed E-state index contributed by atoms with van der Waals surface area (Å²) in [6.07, 6.45) is 0.269. The van der Waals surface area contributed by atoms with Crippen molar-refractivity contribution in [1.82, 2.24) is 15.3 Å². The molecule has 0 aliphatic rings. The molecule has 0 saturated carbocycles. The van der Waals surface area contributed by atoms with Crippen LogP contribution in [0.25, 0.3) is 33.1 Å². The molecular formula is C30H29N3O5. The smallest absolute Gasteiger partial charge is 0.220 e. The number of hydrogen-bond donors (Lipinski definition) is 4. The number of para-hydroxylation sites is 1. The van der Waals surface area contributed by atoms with Crippen LogP contribution >= 0.6 is 0 Å². The van der Waals surface area contributed by atoms with Crippen molar-refractivity contribution in [3.63, 3.8) is 0 Å². The van der Waals surface area contributed by atoms with Gasteiger partial charge in [0.1, 0.15) is 0 Å². The third kappa shape index (κ3) is 4.80. The van der Waals surface area contributed by atoms with E-state index >= 15 is 0 Å². The van der Waals surface area contributed by atoms with Crippen LogP contribution in [-0.2, 0) is 11.3 Å². The summed E-state index contributed by atoms with van der Waals surface area (Å²) in [6.45, 7) is 2.21. The highest BCUT2D eigenvalue weighted by Gasteiger charge is 2.17. The maximum atomic E-state index is 12.9. The normalized spacial score (nSPS) is 12.0. The van der Waals surface area contributed by atoms with Crippen LogP contribution in [0, 0.1) is 0 Å². The Morgan fingerprint density at radius 2 is 1.66 bits per heavy atom. The Kier molecular flexibility index (Phi) is 6.79. The predicted molar refractivity (Wildman–Crippen MR) is 147 cm³/mol. The van der Waals surface area contributed by atoms with Gasteiger partial charge in [-0.1, -0.05) is 31.2 Å². The van der Waals surface area contributed by atoms with E-state index in [2.05, 4.69) is 10.3 Å². The van der Waals surface area contributed by atoms with E-state index in [-0.39, 0.29) is 36.3 Å². The minimum Gasteiger partial charge on any atom is -0.504 e. The highest BCUT2D eigenvalue weighted by Crippen LogP contribution is 2.36. The molecule has 3 aromatic carbocycles. The molecule has 0 saturated heterocycles. The lowest BCUT2D eigenvalue weighted by Crippen LogP contribution is -2.24. The van der Waals surface area contributed by atoms with Crippen LogP contribution in [0.4, 0.5) is 0 Å². The summed E-state index contributed by atoms with van der Waals surface area (Å²) in [5, 5.41) is 25.0. The zero-order chi connectivity index (χ0) is 26.8. The molecule has 8 nitrogen and oxygen atoms in total. The average Bonchev–Trinajstić information content (AvgIpc) is 3.30. The maximum absolute atomic E-state index is 12.9. The van der Waals surface area contributed by atoms with Crippen LogP contribution in [0.1, 0.15) is 30.5 Å². The lowest BCUT2D eigenvalue weighted by atomic mass is 9.97. The third-order valence-corrected chi connectivity index (χ3v) is 6.73. The number of ether oxygens (including phenoxy) is 2. The summed E-state index contributed by atoms with van der Waals surface area (Å²) in [7, 11) is 3.00. The lowest BCUT2D eigenvalue weighted by molar-refractivity contribution is -0.121. The first-order valence-electron chi connectivity index (χ1n) is 12.3. The number of methoxy groups -OCH3 is 2. The molecule has 0 spiro atoms. The summed E-state index contributed by atoms with van der Waals surface area (Å²) in [5.74, 6) is 0.657. The first-order valence-corrected chi connectivity index (χ1v) is 12.3. The number of rotatable bonds is 8. The van der Waals surface area contributed by atoms with E-state index in [9.17, 15) is 15.0 Å². The standard InChI is InChI=1S/C30H29N3O5/c1-17(18-8-10-24(34)26(13-18)37-2)12-28(36)31-16-20-15-22-21-6-4-5-7-23(21)33-30(22)29(32-20)19-9-11-25(35)27(14-19)38-3/h4-11,13-15,17,33-35H,12,16H2,1-3H3,(H,31,36). The molecule has 1 atom stereocenters. The molecule has 2 heterocycles. The Labute approximate surface area is 219 Å². The summed E-state index contributed by atoms with van der Waals surface area (Å²) >= 11 is 0. The number of phenols is 2. The van der Waals surface area contributed by atoms with Crippen molar-refractivity contribution in [2.24, 2.45) is 0 Å². The van der Waals surface area contributed by atoms with E-state index in [1.54, 1.807) is 36.4 Å². The van der Waals surface area contributed by atoms with Gasteiger partial charge in [0, 0.05) is 28.3 Å². The van der Waals surface area contributed by atoms with E-state index in [0.717, 1.165) is 32.9 Å². The van der Waals surface area contributed by atoms with Gasteiger partial charge in [-0.3, -0.25) is 4.79 Å². The van der Waals surface area contributed by atoms with Crippen molar-refractivity contribution in [3.05, 3.63) is 78.0 Å². The fraction of sp³-hybridized carbons (Fsp3) is 0.200. The summed E-state index contributed by atoms with van der Waals surface area (Å²) in [6, 6.07) is 20.2. The molecule has 2 aromatic heterocycles. The Morgan fingerprint density at radius 3 is 2.42 bits per heavy atom. The second-order valence-corrected chi connectivity index (χ2v) is 9.26. The predicted octanol–water partition coefficient (Wildman–Crippen LogP) is 5.62. The highest BCUT2D eigenvalue weighted by atomic mass is 16.5. The maximum Gasteiger partial charge on any atom is 0.220 e. The monoisotopic (exact) mass is 511 g/mol. The molecule has 1 unspecified atom stereocenters. The summed E-state index contributed by atoms with van der Waals surface area (Å²) in [5.41, 5.74) is 4.93. The SMILES string of the molecule is COc1cc(-c2nc(CNC(=O)CC(C)c3ccc(O)c(OC)c3)cc3c2[nH]c2ccccc23)ccc1O. The number of nitrogens with zero attached hydrogens (tertiary/aromatic N) is 1. The van der Waals surface area contributed by atoms with Gasteiger partial charge in [-0.2, -0.15) is 0 Å². The molecule has 8 heteroatoms. The number of benzene rings is 3. The van der Waals surface area contributed by atoms with Crippen molar-refractivity contribution >= 4 is 27.7 Å². The van der Waals surface area contributed by atoms with Gasteiger partial charge < -0.3 is 30.0 Å². The van der Waals surface area contributed by atoms with E-state index in [0.29, 0.717) is 22.9 Å². The molecule has 0 bridgehead atoms. The first kappa shape index (κ1) is 25.0. The number of amides is 1. The van der Waals surface area contributed by atoms with Gasteiger partial charge in [-0.25, -0.2) is 4.98 Å². The fourth-order valence-electron chi connectivity index (χ4n) is 4.68. The first-order chi connectivity index (χ1) is 18.4. The number of phenolic OH excluding ortho intramolecular Hbond substituents is 2. The van der Waals surface area contributed by atoms with Gasteiger partial charge >= 0.3 is 0 Å². The number of H-pyrrole nitrogens is 1. The van der Waals surface area contributed by atoms with Crippen molar-refractivity contribution in [2.45, 2.75) is 25.8 Å². The summed E-state index contributed by atoms with van der Waals surface area (Å²) in [4.78, 5) is 21.2. The van der Waals surface area contributed by atoms with Gasteiger partial charge in [-0.05, 0) is 53.9 Å². The summed E-state index contributed by atoms with van der Waals surface area (Å²) < 4.78 is 10.5. The third-order valence-electron chi connectivity index (χ3n) is 6.73. The number of nitrogens with one attached hydrogen (secondary N) is 2. The molecule has 38 heavy (non-hydrogen) atoms. The van der Waals surface area contributed by atoms with Crippen LogP contribution in [0.15, 0.2) is 66.7 Å². The number of fused-ring (bicyclic) bond motifs is 3. The molecule has 0 aliphatic carbocycles. The average molecular weight is 512 g/mol. The van der Waals surface area contributed by atoms with Crippen molar-refractivity contribution in [1.29, 1.82) is 0 Å². The zero-order valence-corrected chi connectivity index (χ0v) is 21.4. The van der Waals surface area contributed by atoms with Gasteiger partial charge in [0.05, 0.1) is 37.7 Å². The topological polar surface area (TPSA) is 117 Å². The molecule has 5 aromatic rings. The van der Waals surface area contributed by atoms with E-state index in [1.165, 1.54) is 14.2 Å². The Hall–Kier alpha value is -4.72. The number of pyridine rings is 1. The lowest BCUT2D eigenvalue weighted by Gasteiger charge is -2.14. The minimum absolute atomic E-state index is 0.0490. The van der Waals surface area contributed by atoms with Gasteiger partial charge in [0.2, 0.25) is 5.91 Å². The minimum atomic E-state index is -0.113. The van der Waals surface area contributed by atoms with Crippen LogP contribution in [0.2, 0.25) is 0 Å². The number of hydrogen-bond acceptors (Lipinski definition) is 6. The molecule has 5 rings (SSSR count). The van der Waals surface area contributed by atoms with Gasteiger partial charge in [-0.15, -0.1) is 0 Å². The molecule has 194 valence electrons. The zero-order valence-electron chi connectivity index (χ0n) is 21.4. The quantitative estimate of drug-likeness (QED) is 0.215. The number of carbonyl (C=O) groups is 1. The number of aromatic nitrogens is 2. The second kappa shape index (κ2) is 10.3. The molecule has 0 radical (unpaired) electrons. The van der Waals surface area contributed by atoms with E-state index < -0.39 is 0 Å². The van der Waals surface area contributed by atoms with E-state index in [4.69, 9.17) is 14.5 Å². The second-order valence-electron chi connectivity index (χ2n) is 9.26. The van der Waals surface area contributed by atoms with Crippen LogP contribution in [-0.4, -0.2) is 40.3 Å². The molecular weight excluding hydrogens is 482 g/mol. The van der Waals surface area contributed by atoms with Crippen LogP contribution in [0.5, 0.6) is 23.0 Å². The molecule has 1 amide bonds. The van der Waals surface area contributed by atoms with Crippen LogP contribution in [0.3, 0.4) is 0 Å². The number of aromatic hydroxyl groups is 2. The largest absolute Gasteiger partial charge is 0.504 e. The highest BCUT2D eigenvalue weighted by molar-refractivity contribution is 6.11. The van der Waals surface area contributed by atoms with Crippen LogP contribution < -0.4 is 14.8 Å². The fourth-order valence-corrected chi connectivity index (χ4v) is 4.68. The number of aromatic amines is 1. The van der Waals surface area contributed by atoms with Gasteiger partial charge in [0.25, 0.3) is 0 Å². The van der Waals surface area contributed by atoms with Crippen molar-refractivity contribution < 1.29 is 24.5 Å². The Morgan fingerprint density at radius 1 is 0.947 bits per heavy atom. The van der Waals surface area contributed by atoms with Crippen molar-refractivity contribution in [3.8, 4) is 34.3 Å². The van der Waals surface area contributed by atoms with Gasteiger partial charge in [0.15, 0.2) is 23.0 Å². The molecule has 0 fully saturated rings. The molecule has 0 aliphatic heterocycles. The molecule has 4 N–H and O–H groups in total. The van der Waals surface area contributed by atoms with Crippen molar-refractivity contribution in [2.75, 3.05) is 14.2 Å². The number of carbonyl (C=O) groups excluding carboxylic acids is 1. The van der Waals surface area contributed by atoms with E-state index in [1.807, 2.05) is 37.3 Å². The Bertz CT molecular complexity index is 1640.